The fourth-order valence-electron chi connectivity index (χ4n) is 2.42. The SMILES string of the molecule is CB(C1C=CN(C(C)(C)C)B1C)N(C)C. The van der Waals surface area contributed by atoms with Crippen molar-refractivity contribution in [3.05, 3.63) is 12.3 Å². The molecule has 1 aliphatic rings. The summed E-state index contributed by atoms with van der Waals surface area (Å²) >= 11 is 0. The van der Waals surface area contributed by atoms with E-state index >= 15 is 0 Å². The molecule has 1 aliphatic heterocycles. The molecule has 84 valence electrons. The van der Waals surface area contributed by atoms with Gasteiger partial charge in [0.05, 0.1) is 0 Å². The monoisotopic (exact) mass is 206 g/mol. The number of hydrogen-bond acceptors (Lipinski definition) is 2. The summed E-state index contributed by atoms with van der Waals surface area (Å²) in [6, 6.07) is 0. The van der Waals surface area contributed by atoms with Gasteiger partial charge in [-0.2, -0.15) is 0 Å². The molecular formula is C11H24B2N2. The minimum Gasteiger partial charge on any atom is -0.417 e. The van der Waals surface area contributed by atoms with Crippen molar-refractivity contribution in [1.82, 2.24) is 9.62 Å². The van der Waals surface area contributed by atoms with Gasteiger partial charge in [-0.15, -0.1) is 0 Å². The summed E-state index contributed by atoms with van der Waals surface area (Å²) in [5, 5.41) is 0. The highest BCUT2D eigenvalue weighted by atomic mass is 15.1. The molecule has 1 atom stereocenters. The third-order valence-corrected chi connectivity index (χ3v) is 3.61. The predicted octanol–water partition coefficient (Wildman–Crippen LogP) is 2.33. The molecule has 0 spiro atoms. The molecule has 0 N–H and O–H groups in total. The quantitative estimate of drug-likeness (QED) is 0.639. The van der Waals surface area contributed by atoms with E-state index in [4.69, 9.17) is 0 Å². The maximum atomic E-state index is 2.47. The average molecular weight is 206 g/mol. The molecule has 15 heavy (non-hydrogen) atoms. The van der Waals surface area contributed by atoms with Crippen LogP contribution in [-0.2, 0) is 0 Å². The molecule has 1 heterocycles. The highest BCUT2D eigenvalue weighted by Crippen LogP contribution is 2.31. The van der Waals surface area contributed by atoms with Crippen molar-refractivity contribution < 1.29 is 0 Å². The van der Waals surface area contributed by atoms with E-state index in [1.807, 2.05) is 0 Å². The first kappa shape index (κ1) is 12.7. The lowest BCUT2D eigenvalue weighted by Crippen LogP contribution is -2.49. The van der Waals surface area contributed by atoms with Crippen molar-refractivity contribution in [2.75, 3.05) is 14.1 Å². The van der Waals surface area contributed by atoms with E-state index in [9.17, 15) is 0 Å². The van der Waals surface area contributed by atoms with Crippen molar-refractivity contribution in [3.63, 3.8) is 0 Å². The topological polar surface area (TPSA) is 6.48 Å². The molecule has 0 saturated heterocycles. The molecule has 1 rings (SSSR count). The van der Waals surface area contributed by atoms with Crippen LogP contribution in [-0.4, -0.2) is 43.0 Å². The average Bonchev–Trinajstić information content (AvgIpc) is 2.44. The van der Waals surface area contributed by atoms with E-state index in [0.717, 1.165) is 0 Å². The van der Waals surface area contributed by atoms with Crippen molar-refractivity contribution >= 4 is 13.7 Å². The van der Waals surface area contributed by atoms with Gasteiger partial charge in [-0.05, 0) is 46.8 Å². The highest BCUT2D eigenvalue weighted by Gasteiger charge is 2.39. The zero-order chi connectivity index (χ0) is 11.8. The Morgan fingerprint density at radius 1 is 1.33 bits per heavy atom. The van der Waals surface area contributed by atoms with Crippen molar-refractivity contribution in [1.29, 1.82) is 0 Å². The zero-order valence-corrected chi connectivity index (χ0v) is 11.3. The molecule has 0 aromatic carbocycles. The third-order valence-electron chi connectivity index (χ3n) is 3.61. The Balaban J connectivity index is 2.73. The predicted molar refractivity (Wildman–Crippen MR) is 71.4 cm³/mol. The lowest BCUT2D eigenvalue weighted by atomic mass is 9.33. The van der Waals surface area contributed by atoms with Crippen molar-refractivity contribution in [3.8, 4) is 0 Å². The molecule has 0 fully saturated rings. The van der Waals surface area contributed by atoms with Gasteiger partial charge >= 0.3 is 0 Å². The standard InChI is InChI=1S/C11H24B2N2/c1-11(2,3)15-9-8-10(13(15)5)12(4)14(6)7/h8-10H,1-7H3. The molecule has 1 unspecified atom stereocenters. The first-order valence-corrected chi connectivity index (χ1v) is 5.88. The Hall–Kier alpha value is -0.370. The van der Waals surface area contributed by atoms with E-state index in [0.29, 0.717) is 19.4 Å². The molecule has 0 amide bonds. The van der Waals surface area contributed by atoms with Crippen LogP contribution in [0.2, 0.25) is 19.4 Å². The van der Waals surface area contributed by atoms with Crippen LogP contribution in [0.25, 0.3) is 0 Å². The van der Waals surface area contributed by atoms with Crippen LogP contribution >= 0.6 is 0 Å². The van der Waals surface area contributed by atoms with Gasteiger partial charge in [-0.1, -0.05) is 19.7 Å². The van der Waals surface area contributed by atoms with Gasteiger partial charge in [0.2, 0.25) is 6.85 Å². The Kier molecular flexibility index (Phi) is 3.59. The Morgan fingerprint density at radius 3 is 2.20 bits per heavy atom. The van der Waals surface area contributed by atoms with Gasteiger partial charge in [0.25, 0.3) is 6.85 Å². The van der Waals surface area contributed by atoms with E-state index in [-0.39, 0.29) is 5.54 Å². The van der Waals surface area contributed by atoms with Crippen LogP contribution in [0.3, 0.4) is 0 Å². The van der Waals surface area contributed by atoms with Crippen LogP contribution in [0, 0.1) is 0 Å². The number of hydrogen-bond donors (Lipinski definition) is 0. The van der Waals surface area contributed by atoms with E-state index in [2.05, 4.69) is 70.4 Å². The maximum Gasteiger partial charge on any atom is 0.252 e. The van der Waals surface area contributed by atoms with Crippen LogP contribution in [0.4, 0.5) is 0 Å². The van der Waals surface area contributed by atoms with Crippen LogP contribution in [0.1, 0.15) is 20.8 Å². The van der Waals surface area contributed by atoms with Gasteiger partial charge in [-0.3, -0.25) is 0 Å². The highest BCUT2D eigenvalue weighted by molar-refractivity contribution is 6.77. The zero-order valence-electron chi connectivity index (χ0n) is 11.3. The molecular weight excluding hydrogens is 182 g/mol. The summed E-state index contributed by atoms with van der Waals surface area (Å²) < 4.78 is 0. The van der Waals surface area contributed by atoms with Crippen molar-refractivity contribution in [2.24, 2.45) is 0 Å². The molecule has 4 heteroatoms. The summed E-state index contributed by atoms with van der Waals surface area (Å²) in [6.45, 7) is 12.7. The molecule has 0 saturated carbocycles. The lowest BCUT2D eigenvalue weighted by Gasteiger charge is -2.38. The third kappa shape index (κ3) is 2.60. The smallest absolute Gasteiger partial charge is 0.252 e. The van der Waals surface area contributed by atoms with Gasteiger partial charge in [0.1, 0.15) is 0 Å². The fraction of sp³-hybridized carbons (Fsp3) is 0.818. The summed E-state index contributed by atoms with van der Waals surface area (Å²) in [4.78, 5) is 4.77. The summed E-state index contributed by atoms with van der Waals surface area (Å²) in [7, 11) is 4.32. The summed E-state index contributed by atoms with van der Waals surface area (Å²) in [5.41, 5.74) is 0.871. The molecule has 0 aromatic rings. The van der Waals surface area contributed by atoms with Gasteiger partial charge in [0, 0.05) is 5.54 Å². The maximum absolute atomic E-state index is 2.47. The van der Waals surface area contributed by atoms with E-state index in [1.54, 1.807) is 0 Å². The first-order valence-electron chi connectivity index (χ1n) is 5.88. The summed E-state index contributed by atoms with van der Waals surface area (Å²) in [5.74, 6) is 0. The van der Waals surface area contributed by atoms with Gasteiger partial charge < -0.3 is 9.62 Å². The van der Waals surface area contributed by atoms with E-state index in [1.165, 1.54) is 0 Å². The van der Waals surface area contributed by atoms with E-state index < -0.39 is 0 Å². The second-order valence-electron chi connectivity index (χ2n) is 5.94. The Morgan fingerprint density at radius 2 is 1.87 bits per heavy atom. The Labute approximate surface area is 95.9 Å². The van der Waals surface area contributed by atoms with Crippen molar-refractivity contribution in [2.45, 2.75) is 45.7 Å². The molecule has 0 bridgehead atoms. The second-order valence-corrected chi connectivity index (χ2v) is 5.94. The molecule has 2 nitrogen and oxygen atoms in total. The Bertz CT molecular complexity index is 245. The molecule has 0 aromatic heterocycles. The normalized spacial score (nSPS) is 21.7. The van der Waals surface area contributed by atoms with Gasteiger partial charge in [0.15, 0.2) is 0 Å². The fourth-order valence-corrected chi connectivity index (χ4v) is 2.42. The minimum absolute atomic E-state index is 0.233. The largest absolute Gasteiger partial charge is 0.417 e. The molecule has 0 radical (unpaired) electrons. The number of allylic oxidation sites excluding steroid dienone is 1. The minimum atomic E-state index is 0.233. The number of nitrogens with zero attached hydrogens (tertiary/aromatic N) is 2. The first-order chi connectivity index (χ1) is 6.75. The number of rotatable bonds is 2. The van der Waals surface area contributed by atoms with Crippen LogP contribution < -0.4 is 0 Å². The molecule has 0 aliphatic carbocycles. The summed E-state index contributed by atoms with van der Waals surface area (Å²) in [6.07, 6.45) is 4.63. The lowest BCUT2D eigenvalue weighted by molar-refractivity contribution is 0.327. The second kappa shape index (κ2) is 4.25. The van der Waals surface area contributed by atoms with Crippen LogP contribution in [0.5, 0.6) is 0 Å². The van der Waals surface area contributed by atoms with Gasteiger partial charge in [-0.25, -0.2) is 0 Å². The van der Waals surface area contributed by atoms with Crippen LogP contribution in [0.15, 0.2) is 12.3 Å².